The van der Waals surface area contributed by atoms with Gasteiger partial charge >= 0.3 is 0 Å². The van der Waals surface area contributed by atoms with Gasteiger partial charge in [-0.1, -0.05) is 11.6 Å². The lowest BCUT2D eigenvalue weighted by molar-refractivity contribution is 0.0556. The van der Waals surface area contributed by atoms with E-state index in [0.29, 0.717) is 17.9 Å². The van der Waals surface area contributed by atoms with Crippen LogP contribution in [-0.2, 0) is 9.80 Å². The Labute approximate surface area is 103 Å². The van der Waals surface area contributed by atoms with Crippen LogP contribution in [0.5, 0.6) is 0 Å². The molecule has 1 aliphatic heterocycles. The summed E-state index contributed by atoms with van der Waals surface area (Å²) in [6.07, 6.45) is 1.43. The largest absolute Gasteiger partial charge is 0.360 e. The zero-order chi connectivity index (χ0) is 12.5. The van der Waals surface area contributed by atoms with Crippen LogP contribution in [-0.4, -0.2) is 6.61 Å². The molecule has 0 spiro atoms. The van der Waals surface area contributed by atoms with Crippen LogP contribution < -0.4 is 5.32 Å². The van der Waals surface area contributed by atoms with Gasteiger partial charge in [-0.15, -0.1) is 0 Å². The molecule has 0 saturated carbocycles. The van der Waals surface area contributed by atoms with Crippen LogP contribution in [0.1, 0.15) is 12.5 Å². The van der Waals surface area contributed by atoms with Gasteiger partial charge in [0.1, 0.15) is 11.9 Å². The summed E-state index contributed by atoms with van der Waals surface area (Å²) in [6, 6.07) is 6.11. The quantitative estimate of drug-likeness (QED) is 0.823. The maximum Gasteiger partial charge on any atom is 0.206 e. The Morgan fingerprint density at radius 3 is 3.00 bits per heavy atom. The number of ether oxygens (including phenoxy) is 1. The monoisotopic (exact) mass is 252 g/mol. The molecule has 17 heavy (non-hydrogen) atoms. The van der Waals surface area contributed by atoms with Crippen molar-refractivity contribution >= 4 is 17.3 Å². The molecule has 0 aromatic heterocycles. The third-order valence-electron chi connectivity index (χ3n) is 2.51. The van der Waals surface area contributed by atoms with E-state index < -0.39 is 5.06 Å². The first-order valence-corrected chi connectivity index (χ1v) is 5.49. The lowest BCUT2D eigenvalue weighted by Crippen LogP contribution is -2.29. The predicted molar refractivity (Wildman–Crippen MR) is 62.9 cm³/mol. The smallest absolute Gasteiger partial charge is 0.206 e. The SMILES string of the molecule is CCOC1(Cl)C(C#N)=CNc2cc(F)ccc21. The van der Waals surface area contributed by atoms with Crippen LogP contribution in [0, 0.1) is 17.1 Å². The van der Waals surface area contributed by atoms with Gasteiger partial charge in [-0.2, -0.15) is 5.26 Å². The van der Waals surface area contributed by atoms with Crippen molar-refractivity contribution in [3.05, 3.63) is 41.4 Å². The zero-order valence-electron chi connectivity index (χ0n) is 9.13. The van der Waals surface area contributed by atoms with Crippen LogP contribution in [0.25, 0.3) is 0 Å². The van der Waals surface area contributed by atoms with E-state index in [0.717, 1.165) is 0 Å². The molecule has 88 valence electrons. The number of benzene rings is 1. The number of hydrogen-bond donors (Lipinski definition) is 1. The van der Waals surface area contributed by atoms with Crippen LogP contribution in [0.3, 0.4) is 0 Å². The normalized spacial score (nSPS) is 22.1. The molecule has 1 heterocycles. The van der Waals surface area contributed by atoms with Gasteiger partial charge in [0.15, 0.2) is 0 Å². The first kappa shape index (κ1) is 11.9. The topological polar surface area (TPSA) is 45.0 Å². The second kappa shape index (κ2) is 4.36. The zero-order valence-corrected chi connectivity index (χ0v) is 9.88. The second-order valence-corrected chi connectivity index (χ2v) is 4.06. The Bertz CT molecular complexity index is 524. The first-order chi connectivity index (χ1) is 8.11. The van der Waals surface area contributed by atoms with Crippen LogP contribution in [0.15, 0.2) is 30.0 Å². The maximum absolute atomic E-state index is 13.1. The molecule has 1 N–H and O–H groups in total. The van der Waals surface area contributed by atoms with Crippen molar-refractivity contribution in [3.63, 3.8) is 0 Å². The highest BCUT2D eigenvalue weighted by atomic mass is 35.5. The Morgan fingerprint density at radius 1 is 1.59 bits per heavy atom. The Balaban J connectivity index is 2.57. The standard InChI is InChI=1S/C12H10ClFN2O/c1-2-17-12(13)8(6-15)7-16-11-5-9(14)3-4-10(11)12/h3-5,7,16H,2H2,1H3. The third kappa shape index (κ3) is 1.88. The van der Waals surface area contributed by atoms with E-state index in [4.69, 9.17) is 21.6 Å². The molecule has 0 fully saturated rings. The van der Waals surface area contributed by atoms with Gasteiger partial charge in [0.2, 0.25) is 5.06 Å². The Morgan fingerprint density at radius 2 is 2.35 bits per heavy atom. The van der Waals surface area contributed by atoms with Crippen LogP contribution >= 0.6 is 11.6 Å². The third-order valence-corrected chi connectivity index (χ3v) is 3.03. The van der Waals surface area contributed by atoms with E-state index in [1.165, 1.54) is 24.4 Å². The van der Waals surface area contributed by atoms with E-state index in [2.05, 4.69) is 5.32 Å². The van der Waals surface area contributed by atoms with E-state index in [-0.39, 0.29) is 11.4 Å². The number of fused-ring (bicyclic) bond motifs is 1. The number of alkyl halides is 1. The number of anilines is 1. The molecule has 0 bridgehead atoms. The predicted octanol–water partition coefficient (Wildman–Crippen LogP) is 3.09. The lowest BCUT2D eigenvalue weighted by Gasteiger charge is -2.32. The van der Waals surface area contributed by atoms with Gasteiger partial charge in [0.05, 0.1) is 5.57 Å². The summed E-state index contributed by atoms with van der Waals surface area (Å²) < 4.78 is 18.6. The number of rotatable bonds is 2. The number of nitriles is 1. The van der Waals surface area contributed by atoms with Gasteiger partial charge in [0.25, 0.3) is 0 Å². The van der Waals surface area contributed by atoms with Gasteiger partial charge in [-0.3, -0.25) is 0 Å². The van der Waals surface area contributed by atoms with Gasteiger partial charge in [-0.25, -0.2) is 4.39 Å². The van der Waals surface area contributed by atoms with Crippen LogP contribution in [0.2, 0.25) is 0 Å². The first-order valence-electron chi connectivity index (χ1n) is 5.12. The average Bonchev–Trinajstić information content (AvgIpc) is 2.29. The van der Waals surface area contributed by atoms with Crippen LogP contribution in [0.4, 0.5) is 10.1 Å². The van der Waals surface area contributed by atoms with Gasteiger partial charge < -0.3 is 10.1 Å². The van der Waals surface area contributed by atoms with Gasteiger partial charge in [0, 0.05) is 24.1 Å². The molecule has 3 nitrogen and oxygen atoms in total. The minimum Gasteiger partial charge on any atom is -0.360 e. The van der Waals surface area contributed by atoms with Crippen molar-refractivity contribution in [2.24, 2.45) is 0 Å². The van der Waals surface area contributed by atoms with E-state index in [1.807, 2.05) is 6.07 Å². The summed E-state index contributed by atoms with van der Waals surface area (Å²) in [5.74, 6) is -0.374. The fraction of sp³-hybridized carbons (Fsp3) is 0.250. The summed E-state index contributed by atoms with van der Waals surface area (Å²) in [4.78, 5) is 0. The molecule has 0 amide bonds. The highest BCUT2D eigenvalue weighted by Gasteiger charge is 2.39. The molecular weight excluding hydrogens is 243 g/mol. The summed E-state index contributed by atoms with van der Waals surface area (Å²) >= 11 is 6.35. The fourth-order valence-electron chi connectivity index (χ4n) is 1.76. The number of halogens is 2. The fourth-order valence-corrected chi connectivity index (χ4v) is 2.13. The van der Waals surface area contributed by atoms with Gasteiger partial charge in [-0.05, 0) is 25.1 Å². The van der Waals surface area contributed by atoms with Crippen molar-refractivity contribution in [2.75, 3.05) is 11.9 Å². The molecule has 1 aromatic rings. The highest BCUT2D eigenvalue weighted by molar-refractivity contribution is 6.26. The summed E-state index contributed by atoms with van der Waals surface area (Å²) in [5, 5.41) is 10.5. The second-order valence-electron chi connectivity index (χ2n) is 3.53. The molecule has 1 aromatic carbocycles. The lowest BCUT2D eigenvalue weighted by atomic mass is 9.97. The minimum atomic E-state index is -1.34. The highest BCUT2D eigenvalue weighted by Crippen LogP contribution is 2.44. The summed E-state index contributed by atoms with van der Waals surface area (Å²) in [5.41, 5.74) is 1.30. The summed E-state index contributed by atoms with van der Waals surface area (Å²) in [6.45, 7) is 2.13. The molecule has 2 rings (SSSR count). The molecule has 1 atom stereocenters. The Hall–Kier alpha value is -1.57. The number of nitrogens with zero attached hydrogens (tertiary/aromatic N) is 1. The number of nitrogens with one attached hydrogen (secondary N) is 1. The van der Waals surface area contributed by atoms with Crippen molar-refractivity contribution in [1.29, 1.82) is 5.26 Å². The van der Waals surface area contributed by atoms with Crippen molar-refractivity contribution < 1.29 is 9.13 Å². The van der Waals surface area contributed by atoms with Crippen molar-refractivity contribution in [2.45, 2.75) is 12.0 Å². The molecule has 0 radical (unpaired) electrons. The minimum absolute atomic E-state index is 0.250. The van der Waals surface area contributed by atoms with E-state index in [9.17, 15) is 4.39 Å². The average molecular weight is 253 g/mol. The molecule has 1 aliphatic rings. The summed E-state index contributed by atoms with van der Waals surface area (Å²) in [7, 11) is 0. The number of hydrogen-bond acceptors (Lipinski definition) is 3. The molecule has 5 heteroatoms. The molecule has 0 saturated heterocycles. The van der Waals surface area contributed by atoms with Crippen molar-refractivity contribution in [3.8, 4) is 6.07 Å². The van der Waals surface area contributed by atoms with Crippen molar-refractivity contribution in [1.82, 2.24) is 0 Å². The van der Waals surface area contributed by atoms with E-state index >= 15 is 0 Å². The van der Waals surface area contributed by atoms with E-state index in [1.54, 1.807) is 6.92 Å². The maximum atomic E-state index is 13.1. The Kier molecular flexibility index (Phi) is 3.05. The molecule has 0 aliphatic carbocycles. The molecular formula is C12H10ClFN2O. The molecule has 1 unspecified atom stereocenters.